The number of anilines is 2. The normalized spacial score (nSPS) is 16.4. The predicted molar refractivity (Wildman–Crippen MR) is 230 cm³/mol. The van der Waals surface area contributed by atoms with Crippen LogP contribution in [-0.2, 0) is 0 Å². The molecule has 0 bridgehead atoms. The fourth-order valence-corrected chi connectivity index (χ4v) is 9.74. The number of para-hydroxylation sites is 3. The van der Waals surface area contributed by atoms with Crippen molar-refractivity contribution in [2.75, 3.05) is 4.90 Å². The highest BCUT2D eigenvalue weighted by molar-refractivity contribution is 6.13. The van der Waals surface area contributed by atoms with Gasteiger partial charge in [-0.25, -0.2) is 0 Å². The van der Waals surface area contributed by atoms with Crippen molar-refractivity contribution in [3.8, 4) is 11.1 Å². The average molecular weight is 712 g/mol. The fourth-order valence-electron chi connectivity index (χ4n) is 9.74. The summed E-state index contributed by atoms with van der Waals surface area (Å²) in [7, 11) is 0. The first-order valence-corrected chi connectivity index (χ1v) is 19.9. The Kier molecular flexibility index (Phi) is 7.72. The molecule has 1 saturated carbocycles. The molecule has 0 spiro atoms. The monoisotopic (exact) mass is 711 g/mol. The Morgan fingerprint density at radius 2 is 1.25 bits per heavy atom. The van der Waals surface area contributed by atoms with Crippen molar-refractivity contribution in [1.29, 1.82) is 0 Å². The molecule has 0 saturated heterocycles. The second kappa shape index (κ2) is 13.2. The van der Waals surface area contributed by atoms with Gasteiger partial charge in [0.2, 0.25) is 0 Å². The lowest BCUT2D eigenvalue weighted by Gasteiger charge is -2.37. The second-order valence-corrected chi connectivity index (χ2v) is 15.3. The molecule has 0 amide bonds. The van der Waals surface area contributed by atoms with Crippen LogP contribution in [0, 0.1) is 0 Å². The SMILES string of the molecule is C1=CCC(N(c2cccc(-c3cccc4c3oc3ccccc34)c2)c2cccc3oc4ccccc4c23)C(c2cccc3cccc(C4CCCCC4)c23)=C1. The van der Waals surface area contributed by atoms with Crippen molar-refractivity contribution in [3.05, 3.63) is 175 Å². The van der Waals surface area contributed by atoms with Crippen LogP contribution < -0.4 is 4.90 Å². The quantitative estimate of drug-likeness (QED) is 0.172. The van der Waals surface area contributed by atoms with Crippen LogP contribution in [0.4, 0.5) is 11.4 Å². The maximum absolute atomic E-state index is 6.57. The third-order valence-corrected chi connectivity index (χ3v) is 12.2. The molecule has 1 unspecified atom stereocenters. The van der Waals surface area contributed by atoms with Gasteiger partial charge in [0.15, 0.2) is 0 Å². The third-order valence-electron chi connectivity index (χ3n) is 12.2. The van der Waals surface area contributed by atoms with Gasteiger partial charge in [0.25, 0.3) is 0 Å². The van der Waals surface area contributed by atoms with Crippen LogP contribution in [0.5, 0.6) is 0 Å². The summed E-state index contributed by atoms with van der Waals surface area (Å²) >= 11 is 0. The van der Waals surface area contributed by atoms with E-state index in [1.807, 2.05) is 6.07 Å². The summed E-state index contributed by atoms with van der Waals surface area (Å²) in [5.74, 6) is 0.594. The van der Waals surface area contributed by atoms with E-state index in [0.29, 0.717) is 5.92 Å². The zero-order chi connectivity index (χ0) is 36.3. The van der Waals surface area contributed by atoms with E-state index in [0.717, 1.165) is 72.8 Å². The van der Waals surface area contributed by atoms with E-state index in [1.54, 1.807) is 0 Å². The number of fused-ring (bicyclic) bond motifs is 7. The molecule has 55 heavy (non-hydrogen) atoms. The molecule has 0 aliphatic heterocycles. The van der Waals surface area contributed by atoms with Crippen molar-refractivity contribution in [2.45, 2.75) is 50.5 Å². The van der Waals surface area contributed by atoms with Crippen molar-refractivity contribution in [2.24, 2.45) is 0 Å². The van der Waals surface area contributed by atoms with E-state index in [4.69, 9.17) is 8.83 Å². The van der Waals surface area contributed by atoms with Gasteiger partial charge in [-0.1, -0.05) is 147 Å². The second-order valence-electron chi connectivity index (χ2n) is 15.3. The van der Waals surface area contributed by atoms with Gasteiger partial charge in [-0.15, -0.1) is 0 Å². The lowest BCUT2D eigenvalue weighted by atomic mass is 9.79. The zero-order valence-electron chi connectivity index (χ0n) is 30.7. The summed E-state index contributed by atoms with van der Waals surface area (Å²) in [5.41, 5.74) is 12.3. The maximum atomic E-state index is 6.57. The summed E-state index contributed by atoms with van der Waals surface area (Å²) in [6.45, 7) is 0. The molecule has 7 aromatic carbocycles. The zero-order valence-corrected chi connectivity index (χ0v) is 30.7. The maximum Gasteiger partial charge on any atom is 0.143 e. The van der Waals surface area contributed by atoms with Crippen LogP contribution in [0.15, 0.2) is 173 Å². The largest absolute Gasteiger partial charge is 0.456 e. The lowest BCUT2D eigenvalue weighted by molar-refractivity contribution is 0.445. The molecule has 1 atom stereocenters. The first-order valence-electron chi connectivity index (χ1n) is 19.9. The molecule has 3 nitrogen and oxygen atoms in total. The van der Waals surface area contributed by atoms with Crippen LogP contribution >= 0.6 is 0 Å². The van der Waals surface area contributed by atoms with Crippen molar-refractivity contribution in [3.63, 3.8) is 0 Å². The van der Waals surface area contributed by atoms with Crippen LogP contribution in [0.25, 0.3) is 71.3 Å². The van der Waals surface area contributed by atoms with Gasteiger partial charge in [0.1, 0.15) is 22.3 Å². The van der Waals surface area contributed by atoms with Crippen LogP contribution in [0.1, 0.15) is 55.6 Å². The summed E-state index contributed by atoms with van der Waals surface area (Å²) in [6.07, 6.45) is 14.3. The minimum absolute atomic E-state index is 0.0199. The van der Waals surface area contributed by atoms with E-state index in [-0.39, 0.29) is 6.04 Å². The van der Waals surface area contributed by atoms with E-state index in [1.165, 1.54) is 59.6 Å². The molecule has 9 aromatic rings. The molecule has 1 fully saturated rings. The Morgan fingerprint density at radius 3 is 2.15 bits per heavy atom. The lowest BCUT2D eigenvalue weighted by Crippen LogP contribution is -2.33. The number of hydrogen-bond acceptors (Lipinski definition) is 3. The Hall–Kier alpha value is -6.32. The smallest absolute Gasteiger partial charge is 0.143 e. The van der Waals surface area contributed by atoms with Gasteiger partial charge >= 0.3 is 0 Å². The molecule has 2 heterocycles. The molecule has 3 heteroatoms. The van der Waals surface area contributed by atoms with Crippen molar-refractivity contribution < 1.29 is 8.83 Å². The molecule has 266 valence electrons. The third kappa shape index (κ3) is 5.33. The Bertz CT molecular complexity index is 2960. The number of benzene rings is 7. The standard InChI is InChI=1S/C52H41NO2/c1-2-15-34(16-3-1)38-24-11-17-35-18-12-26-42(50(35)38)40-21-4-7-28-45(40)53(46-29-14-32-49-51(46)44-23-6-9-31-48(44)54-49)37-20-10-19-36(33-37)39-25-13-27-43-41-22-5-8-30-47(41)55-52(39)43/h4-14,17-27,29-34,45H,1-3,15-16,28H2. The van der Waals surface area contributed by atoms with Gasteiger partial charge in [0, 0.05) is 27.4 Å². The van der Waals surface area contributed by atoms with Crippen LogP contribution in [0.3, 0.4) is 0 Å². The molecular formula is C52H41NO2. The molecular weight excluding hydrogens is 671 g/mol. The van der Waals surface area contributed by atoms with Gasteiger partial charge < -0.3 is 13.7 Å². The molecule has 0 N–H and O–H groups in total. The summed E-state index contributed by atoms with van der Waals surface area (Å²) in [6, 6.07) is 52.8. The van der Waals surface area contributed by atoms with Crippen molar-refractivity contribution in [1.82, 2.24) is 0 Å². The summed E-state index contributed by atoms with van der Waals surface area (Å²) < 4.78 is 13.1. The molecule has 11 rings (SSSR count). The number of furan rings is 2. The minimum atomic E-state index is 0.0199. The predicted octanol–water partition coefficient (Wildman–Crippen LogP) is 14.9. The molecule has 2 aliphatic carbocycles. The van der Waals surface area contributed by atoms with Gasteiger partial charge in [-0.2, -0.15) is 0 Å². The van der Waals surface area contributed by atoms with E-state index in [9.17, 15) is 0 Å². The first-order chi connectivity index (χ1) is 27.3. The van der Waals surface area contributed by atoms with Gasteiger partial charge in [0.05, 0.1) is 17.1 Å². The topological polar surface area (TPSA) is 29.5 Å². The van der Waals surface area contributed by atoms with Gasteiger partial charge in [-0.3, -0.25) is 0 Å². The summed E-state index contributed by atoms with van der Waals surface area (Å²) in [4.78, 5) is 2.59. The highest BCUT2D eigenvalue weighted by Crippen LogP contribution is 2.47. The molecule has 2 aliphatic rings. The van der Waals surface area contributed by atoms with E-state index >= 15 is 0 Å². The first kappa shape index (κ1) is 32.1. The highest BCUT2D eigenvalue weighted by atomic mass is 16.3. The van der Waals surface area contributed by atoms with E-state index in [2.05, 4.69) is 163 Å². The minimum Gasteiger partial charge on any atom is -0.456 e. The van der Waals surface area contributed by atoms with Crippen molar-refractivity contribution >= 4 is 71.6 Å². The number of rotatable bonds is 6. The van der Waals surface area contributed by atoms with E-state index < -0.39 is 0 Å². The molecule has 0 radical (unpaired) electrons. The number of nitrogens with zero attached hydrogens (tertiary/aromatic N) is 1. The Balaban J connectivity index is 1.14. The average Bonchev–Trinajstić information content (AvgIpc) is 3.83. The number of allylic oxidation sites excluding steroid dienone is 2. The Labute approximate surface area is 320 Å². The summed E-state index contributed by atoms with van der Waals surface area (Å²) in [5, 5.41) is 7.28. The fraction of sp³-hybridized carbons (Fsp3) is 0.154. The highest BCUT2D eigenvalue weighted by Gasteiger charge is 2.31. The number of hydrogen-bond donors (Lipinski definition) is 0. The molecule has 2 aromatic heterocycles. The Morgan fingerprint density at radius 1 is 0.545 bits per heavy atom. The van der Waals surface area contributed by atoms with Gasteiger partial charge in [-0.05, 0) is 94.6 Å². The van der Waals surface area contributed by atoms with Crippen LogP contribution in [-0.4, -0.2) is 6.04 Å². The van der Waals surface area contributed by atoms with Crippen LogP contribution in [0.2, 0.25) is 0 Å².